The van der Waals surface area contributed by atoms with Crippen molar-refractivity contribution in [3.63, 3.8) is 0 Å². The maximum Gasteiger partial charge on any atom is 0.329 e. The lowest BCUT2D eigenvalue weighted by atomic mass is 9.98. The predicted octanol–water partition coefficient (Wildman–Crippen LogP) is 0.512. The van der Waals surface area contributed by atoms with Crippen LogP contribution >= 0.6 is 0 Å². The van der Waals surface area contributed by atoms with Crippen molar-refractivity contribution in [3.8, 4) is 0 Å². The van der Waals surface area contributed by atoms with Crippen LogP contribution in [-0.4, -0.2) is 53.5 Å². The van der Waals surface area contributed by atoms with Gasteiger partial charge < -0.3 is 10.0 Å². The molecular formula is C13H15N5O3. The largest absolute Gasteiger partial charge is 0.480 e. The van der Waals surface area contributed by atoms with Gasteiger partial charge in [-0.1, -0.05) is 0 Å². The Hall–Kier alpha value is -2.51. The average molecular weight is 289 g/mol. The van der Waals surface area contributed by atoms with Gasteiger partial charge in [-0.3, -0.25) is 4.79 Å². The number of fused-ring (bicyclic) bond motifs is 1. The molecule has 110 valence electrons. The molecule has 8 nitrogen and oxygen atoms in total. The summed E-state index contributed by atoms with van der Waals surface area (Å²) in [6, 6.07) is 0. The van der Waals surface area contributed by atoms with Crippen molar-refractivity contribution in [2.75, 3.05) is 6.54 Å². The van der Waals surface area contributed by atoms with Crippen molar-refractivity contribution >= 4 is 17.7 Å². The Balaban J connectivity index is 2.04. The fraction of sp³-hybridized carbons (Fsp3) is 0.462. The van der Waals surface area contributed by atoms with Crippen LogP contribution in [0, 0.1) is 6.92 Å². The summed E-state index contributed by atoms with van der Waals surface area (Å²) in [7, 11) is 0. The second-order valence-corrected chi connectivity index (χ2v) is 5.37. The van der Waals surface area contributed by atoms with E-state index in [1.165, 1.54) is 21.9 Å². The number of rotatable bonds is 2. The molecule has 1 atom stereocenters. The third kappa shape index (κ3) is 1.86. The molecule has 0 radical (unpaired) electrons. The molecule has 1 unspecified atom stereocenters. The number of carboxylic acid groups (broad SMARTS) is 1. The first-order valence-corrected chi connectivity index (χ1v) is 6.66. The van der Waals surface area contributed by atoms with Gasteiger partial charge in [0, 0.05) is 12.7 Å². The minimum atomic E-state index is -1.17. The lowest BCUT2D eigenvalue weighted by Crippen LogP contribution is -2.51. The maximum absolute atomic E-state index is 12.7. The highest BCUT2D eigenvalue weighted by atomic mass is 16.4. The van der Waals surface area contributed by atoms with Crippen LogP contribution in [0.4, 0.5) is 0 Å². The molecular weight excluding hydrogens is 274 g/mol. The van der Waals surface area contributed by atoms with Crippen LogP contribution in [0.1, 0.15) is 35.8 Å². The fourth-order valence-corrected chi connectivity index (χ4v) is 2.76. The van der Waals surface area contributed by atoms with E-state index in [1.54, 1.807) is 13.8 Å². The second-order valence-electron chi connectivity index (χ2n) is 5.37. The molecule has 3 heterocycles. The van der Waals surface area contributed by atoms with Gasteiger partial charge in [0.25, 0.3) is 11.7 Å². The number of aromatic nitrogens is 4. The minimum absolute atomic E-state index is 0.334. The van der Waals surface area contributed by atoms with Crippen molar-refractivity contribution in [1.29, 1.82) is 0 Å². The predicted molar refractivity (Wildman–Crippen MR) is 71.8 cm³/mol. The highest BCUT2D eigenvalue weighted by Crippen LogP contribution is 2.31. The monoisotopic (exact) mass is 289 g/mol. The smallest absolute Gasteiger partial charge is 0.329 e. The summed E-state index contributed by atoms with van der Waals surface area (Å²) in [6.45, 7) is 3.75. The van der Waals surface area contributed by atoms with E-state index < -0.39 is 11.5 Å². The number of hydrogen-bond donors (Lipinski definition) is 1. The molecule has 1 amide bonds. The van der Waals surface area contributed by atoms with Gasteiger partial charge in [-0.2, -0.15) is 10.1 Å². The Kier molecular flexibility index (Phi) is 2.89. The summed E-state index contributed by atoms with van der Waals surface area (Å²) < 4.78 is 1.47. The van der Waals surface area contributed by atoms with Gasteiger partial charge in [-0.15, -0.1) is 0 Å². The first-order valence-electron chi connectivity index (χ1n) is 6.66. The average Bonchev–Trinajstić information content (AvgIpc) is 3.06. The van der Waals surface area contributed by atoms with Crippen molar-refractivity contribution in [2.45, 2.75) is 32.2 Å². The molecule has 3 rings (SSSR count). The van der Waals surface area contributed by atoms with E-state index in [9.17, 15) is 14.7 Å². The number of likely N-dealkylation sites (tertiary alicyclic amines) is 1. The number of aliphatic carboxylic acids is 1. The lowest BCUT2D eigenvalue weighted by Gasteiger charge is -2.31. The Labute approximate surface area is 120 Å². The first kappa shape index (κ1) is 13.5. The van der Waals surface area contributed by atoms with E-state index in [2.05, 4.69) is 15.1 Å². The summed E-state index contributed by atoms with van der Waals surface area (Å²) in [5.41, 5.74) is -0.217. The van der Waals surface area contributed by atoms with Crippen LogP contribution < -0.4 is 0 Å². The molecule has 21 heavy (non-hydrogen) atoms. The molecule has 0 spiro atoms. The molecule has 2 aromatic rings. The second kappa shape index (κ2) is 4.51. The van der Waals surface area contributed by atoms with Gasteiger partial charge in [0.1, 0.15) is 11.9 Å². The van der Waals surface area contributed by atoms with Crippen molar-refractivity contribution in [1.82, 2.24) is 24.5 Å². The number of aryl methyl sites for hydroxylation is 1. The van der Waals surface area contributed by atoms with Crippen LogP contribution in [0.2, 0.25) is 0 Å². The molecule has 1 fully saturated rings. The summed E-state index contributed by atoms with van der Waals surface area (Å²) >= 11 is 0. The van der Waals surface area contributed by atoms with E-state index in [4.69, 9.17) is 0 Å². The van der Waals surface area contributed by atoms with Crippen LogP contribution in [0.3, 0.4) is 0 Å². The number of hydrogen-bond acceptors (Lipinski definition) is 5. The lowest BCUT2D eigenvalue weighted by molar-refractivity contribution is -0.147. The minimum Gasteiger partial charge on any atom is -0.480 e. The summed E-state index contributed by atoms with van der Waals surface area (Å²) in [4.78, 5) is 33.6. The zero-order chi connectivity index (χ0) is 15.2. The number of carbonyl (C=O) groups excluding carboxylic acids is 1. The quantitative estimate of drug-likeness (QED) is 0.864. The van der Waals surface area contributed by atoms with Gasteiger partial charge in [0.05, 0.1) is 11.3 Å². The van der Waals surface area contributed by atoms with Gasteiger partial charge >= 0.3 is 5.97 Å². The SMILES string of the molecule is Cc1c(C(=O)N2CCCC2(C)C(=O)O)cnc2ncnn12. The Bertz CT molecular complexity index is 740. The van der Waals surface area contributed by atoms with Crippen molar-refractivity contribution < 1.29 is 14.7 Å². The molecule has 0 aromatic carbocycles. The third-order valence-electron chi connectivity index (χ3n) is 4.12. The number of carboxylic acids is 1. The number of amides is 1. The van der Waals surface area contributed by atoms with E-state index in [1.807, 2.05) is 0 Å². The summed E-state index contributed by atoms with van der Waals surface area (Å²) in [6.07, 6.45) is 3.92. The number of carbonyl (C=O) groups is 2. The molecule has 1 aliphatic rings. The van der Waals surface area contributed by atoms with Crippen LogP contribution in [0.5, 0.6) is 0 Å². The third-order valence-corrected chi connectivity index (χ3v) is 4.12. The summed E-state index contributed by atoms with van der Waals surface area (Å²) in [5, 5.41) is 13.4. The van der Waals surface area contributed by atoms with Crippen LogP contribution in [0.15, 0.2) is 12.5 Å². The molecule has 2 aromatic heterocycles. The van der Waals surface area contributed by atoms with Crippen LogP contribution in [-0.2, 0) is 4.79 Å². The normalized spacial score (nSPS) is 21.9. The Morgan fingerprint density at radius 1 is 1.38 bits per heavy atom. The fourth-order valence-electron chi connectivity index (χ4n) is 2.76. The van der Waals surface area contributed by atoms with Crippen molar-refractivity contribution in [2.24, 2.45) is 0 Å². The molecule has 0 saturated carbocycles. The molecule has 1 saturated heterocycles. The molecule has 0 aliphatic carbocycles. The van der Waals surface area contributed by atoms with Gasteiger partial charge in [-0.05, 0) is 26.7 Å². The van der Waals surface area contributed by atoms with E-state index in [-0.39, 0.29) is 5.91 Å². The Morgan fingerprint density at radius 3 is 2.86 bits per heavy atom. The van der Waals surface area contributed by atoms with E-state index in [0.29, 0.717) is 36.4 Å². The molecule has 1 aliphatic heterocycles. The van der Waals surface area contributed by atoms with E-state index in [0.717, 1.165) is 0 Å². The zero-order valence-corrected chi connectivity index (χ0v) is 11.8. The standard InChI is InChI=1S/C13H15N5O3/c1-8-9(6-14-12-15-7-16-18(8)12)10(19)17-5-3-4-13(17,2)11(20)21/h6-7H,3-5H2,1-2H3,(H,20,21). The Morgan fingerprint density at radius 2 is 2.14 bits per heavy atom. The van der Waals surface area contributed by atoms with Gasteiger partial charge in [-0.25, -0.2) is 14.3 Å². The topological polar surface area (TPSA) is 101 Å². The van der Waals surface area contributed by atoms with Gasteiger partial charge in [0.15, 0.2) is 0 Å². The first-order chi connectivity index (χ1) is 9.95. The van der Waals surface area contributed by atoms with Crippen LogP contribution in [0.25, 0.3) is 5.78 Å². The molecule has 0 bridgehead atoms. The highest BCUT2D eigenvalue weighted by Gasteiger charge is 2.46. The zero-order valence-electron chi connectivity index (χ0n) is 11.8. The van der Waals surface area contributed by atoms with Gasteiger partial charge in [0.2, 0.25) is 0 Å². The summed E-state index contributed by atoms with van der Waals surface area (Å²) in [5.74, 6) is -0.910. The molecule has 8 heteroatoms. The van der Waals surface area contributed by atoms with E-state index >= 15 is 0 Å². The molecule has 1 N–H and O–H groups in total. The maximum atomic E-state index is 12.7. The van der Waals surface area contributed by atoms with Crippen molar-refractivity contribution in [3.05, 3.63) is 23.8 Å². The number of nitrogens with zero attached hydrogens (tertiary/aromatic N) is 5. The highest BCUT2D eigenvalue weighted by molar-refractivity contribution is 5.98.